The zero-order valence-electron chi connectivity index (χ0n) is 12.5. The van der Waals surface area contributed by atoms with Crippen molar-refractivity contribution in [2.24, 2.45) is 0 Å². The second-order valence-electron chi connectivity index (χ2n) is 5.96. The first kappa shape index (κ1) is 15.0. The SMILES string of the molecule is Cc1ccc(CCC(=O)NC2CCCCC2O)c(C)c1. The predicted molar refractivity (Wildman–Crippen MR) is 80.6 cm³/mol. The third kappa shape index (κ3) is 4.07. The van der Waals surface area contributed by atoms with E-state index in [1.165, 1.54) is 16.7 Å². The summed E-state index contributed by atoms with van der Waals surface area (Å²) in [4.78, 5) is 12.0. The number of amides is 1. The normalized spacial score (nSPS) is 22.6. The van der Waals surface area contributed by atoms with Crippen molar-refractivity contribution < 1.29 is 9.90 Å². The van der Waals surface area contributed by atoms with E-state index >= 15 is 0 Å². The maximum absolute atomic E-state index is 12.0. The molecular weight excluding hydrogens is 250 g/mol. The van der Waals surface area contributed by atoms with E-state index in [0.717, 1.165) is 32.1 Å². The average molecular weight is 275 g/mol. The van der Waals surface area contributed by atoms with E-state index in [1.807, 2.05) is 0 Å². The molecule has 110 valence electrons. The van der Waals surface area contributed by atoms with Crippen LogP contribution >= 0.6 is 0 Å². The highest BCUT2D eigenvalue weighted by molar-refractivity contribution is 5.76. The fourth-order valence-corrected chi connectivity index (χ4v) is 2.93. The maximum Gasteiger partial charge on any atom is 0.220 e. The van der Waals surface area contributed by atoms with Gasteiger partial charge in [0, 0.05) is 6.42 Å². The van der Waals surface area contributed by atoms with Crippen LogP contribution in [0.2, 0.25) is 0 Å². The van der Waals surface area contributed by atoms with Crippen molar-refractivity contribution in [1.29, 1.82) is 0 Å². The molecule has 1 fully saturated rings. The van der Waals surface area contributed by atoms with Gasteiger partial charge in [0.1, 0.15) is 0 Å². The summed E-state index contributed by atoms with van der Waals surface area (Å²) in [5.74, 6) is 0.0518. The Labute approximate surface area is 121 Å². The minimum atomic E-state index is -0.367. The zero-order chi connectivity index (χ0) is 14.5. The van der Waals surface area contributed by atoms with E-state index in [-0.39, 0.29) is 18.1 Å². The number of aryl methyl sites for hydroxylation is 3. The molecule has 0 saturated heterocycles. The standard InChI is InChI=1S/C17H25NO2/c1-12-7-8-14(13(2)11-12)9-10-17(20)18-15-5-3-4-6-16(15)19/h7-8,11,15-16,19H,3-6,9-10H2,1-2H3,(H,18,20). The summed E-state index contributed by atoms with van der Waals surface area (Å²) in [6, 6.07) is 6.30. The number of hydrogen-bond acceptors (Lipinski definition) is 2. The molecule has 2 atom stereocenters. The van der Waals surface area contributed by atoms with Gasteiger partial charge in [-0.15, -0.1) is 0 Å². The first-order chi connectivity index (χ1) is 9.56. The second-order valence-corrected chi connectivity index (χ2v) is 5.96. The highest BCUT2D eigenvalue weighted by Gasteiger charge is 2.24. The molecule has 2 rings (SSSR count). The maximum atomic E-state index is 12.0. The number of nitrogens with one attached hydrogen (secondary N) is 1. The van der Waals surface area contributed by atoms with Crippen LogP contribution in [0.1, 0.15) is 48.8 Å². The molecular formula is C17H25NO2. The van der Waals surface area contributed by atoms with Crippen molar-refractivity contribution >= 4 is 5.91 Å². The van der Waals surface area contributed by atoms with Crippen molar-refractivity contribution in [2.75, 3.05) is 0 Å². The third-order valence-corrected chi connectivity index (χ3v) is 4.20. The van der Waals surface area contributed by atoms with Gasteiger partial charge in [0.25, 0.3) is 0 Å². The lowest BCUT2D eigenvalue weighted by molar-refractivity contribution is -0.123. The van der Waals surface area contributed by atoms with Crippen LogP contribution in [0.3, 0.4) is 0 Å². The minimum Gasteiger partial charge on any atom is -0.391 e. The van der Waals surface area contributed by atoms with Crippen molar-refractivity contribution in [3.63, 3.8) is 0 Å². The molecule has 1 aromatic carbocycles. The van der Waals surface area contributed by atoms with Crippen LogP contribution in [0, 0.1) is 13.8 Å². The topological polar surface area (TPSA) is 49.3 Å². The number of rotatable bonds is 4. The summed E-state index contributed by atoms with van der Waals surface area (Å²) >= 11 is 0. The van der Waals surface area contributed by atoms with Gasteiger partial charge >= 0.3 is 0 Å². The molecule has 0 radical (unpaired) electrons. The van der Waals surface area contributed by atoms with E-state index in [9.17, 15) is 9.90 Å². The highest BCUT2D eigenvalue weighted by Crippen LogP contribution is 2.18. The van der Waals surface area contributed by atoms with Crippen LogP contribution in [-0.2, 0) is 11.2 Å². The fourth-order valence-electron chi connectivity index (χ4n) is 2.93. The van der Waals surface area contributed by atoms with Crippen molar-refractivity contribution in [2.45, 2.75) is 64.5 Å². The lowest BCUT2D eigenvalue weighted by Gasteiger charge is -2.28. The monoisotopic (exact) mass is 275 g/mol. The number of carbonyl (C=O) groups is 1. The van der Waals surface area contributed by atoms with E-state index in [1.54, 1.807) is 0 Å². The van der Waals surface area contributed by atoms with Gasteiger partial charge in [-0.05, 0) is 44.2 Å². The Morgan fingerprint density at radius 1 is 1.30 bits per heavy atom. The Morgan fingerprint density at radius 3 is 2.75 bits per heavy atom. The molecule has 3 heteroatoms. The first-order valence-electron chi connectivity index (χ1n) is 7.60. The Bertz CT molecular complexity index is 470. The van der Waals surface area contributed by atoms with Gasteiger partial charge in [-0.3, -0.25) is 4.79 Å². The van der Waals surface area contributed by atoms with Crippen LogP contribution in [-0.4, -0.2) is 23.2 Å². The molecule has 1 aliphatic rings. The number of carbonyl (C=O) groups excluding carboxylic acids is 1. The number of benzene rings is 1. The van der Waals surface area contributed by atoms with E-state index < -0.39 is 0 Å². The summed E-state index contributed by atoms with van der Waals surface area (Å²) in [6.45, 7) is 4.17. The first-order valence-corrected chi connectivity index (χ1v) is 7.60. The van der Waals surface area contributed by atoms with Gasteiger partial charge in [-0.25, -0.2) is 0 Å². The quantitative estimate of drug-likeness (QED) is 0.887. The zero-order valence-corrected chi connectivity index (χ0v) is 12.5. The van der Waals surface area contributed by atoms with Crippen LogP contribution in [0.25, 0.3) is 0 Å². The Kier molecular flexibility index (Phi) is 5.18. The molecule has 20 heavy (non-hydrogen) atoms. The predicted octanol–water partition coefficient (Wildman–Crippen LogP) is 2.66. The molecule has 2 N–H and O–H groups in total. The number of hydrogen-bond donors (Lipinski definition) is 2. The van der Waals surface area contributed by atoms with Gasteiger partial charge in [0.15, 0.2) is 0 Å². The molecule has 1 aliphatic carbocycles. The Hall–Kier alpha value is -1.35. The van der Waals surface area contributed by atoms with Crippen LogP contribution < -0.4 is 5.32 Å². The van der Waals surface area contributed by atoms with Crippen LogP contribution in [0.5, 0.6) is 0 Å². The van der Waals surface area contributed by atoms with Gasteiger partial charge < -0.3 is 10.4 Å². The second kappa shape index (κ2) is 6.89. The van der Waals surface area contributed by atoms with Gasteiger partial charge in [0.2, 0.25) is 5.91 Å². The summed E-state index contributed by atoms with van der Waals surface area (Å²) in [5.41, 5.74) is 3.73. The number of aliphatic hydroxyl groups is 1. The largest absolute Gasteiger partial charge is 0.391 e. The molecule has 1 saturated carbocycles. The summed E-state index contributed by atoms with van der Waals surface area (Å²) in [7, 11) is 0. The molecule has 1 amide bonds. The molecule has 0 heterocycles. The highest BCUT2D eigenvalue weighted by atomic mass is 16.3. The number of aliphatic hydroxyl groups excluding tert-OH is 1. The minimum absolute atomic E-state index is 0.0460. The average Bonchev–Trinajstić information content (AvgIpc) is 2.40. The van der Waals surface area contributed by atoms with Gasteiger partial charge in [0.05, 0.1) is 12.1 Å². The smallest absolute Gasteiger partial charge is 0.220 e. The molecule has 3 nitrogen and oxygen atoms in total. The van der Waals surface area contributed by atoms with E-state index in [2.05, 4.69) is 37.4 Å². The lowest BCUT2D eigenvalue weighted by Crippen LogP contribution is -2.45. The third-order valence-electron chi connectivity index (χ3n) is 4.20. The van der Waals surface area contributed by atoms with E-state index in [0.29, 0.717) is 6.42 Å². The van der Waals surface area contributed by atoms with Crippen molar-refractivity contribution in [3.8, 4) is 0 Å². The molecule has 1 aromatic rings. The van der Waals surface area contributed by atoms with Crippen LogP contribution in [0.15, 0.2) is 18.2 Å². The summed E-state index contributed by atoms with van der Waals surface area (Å²) in [6.07, 6.45) is 4.76. The molecule has 2 unspecified atom stereocenters. The Morgan fingerprint density at radius 2 is 2.05 bits per heavy atom. The molecule has 0 bridgehead atoms. The summed E-state index contributed by atoms with van der Waals surface area (Å²) in [5, 5.41) is 12.8. The molecule has 0 aromatic heterocycles. The Balaban J connectivity index is 1.82. The van der Waals surface area contributed by atoms with Gasteiger partial charge in [-0.1, -0.05) is 36.6 Å². The van der Waals surface area contributed by atoms with Crippen molar-refractivity contribution in [1.82, 2.24) is 5.32 Å². The van der Waals surface area contributed by atoms with Gasteiger partial charge in [-0.2, -0.15) is 0 Å². The van der Waals surface area contributed by atoms with Crippen molar-refractivity contribution in [3.05, 3.63) is 34.9 Å². The lowest BCUT2D eigenvalue weighted by atomic mass is 9.92. The molecule has 0 spiro atoms. The summed E-state index contributed by atoms with van der Waals surface area (Å²) < 4.78 is 0. The molecule has 0 aliphatic heterocycles. The fraction of sp³-hybridized carbons (Fsp3) is 0.588. The van der Waals surface area contributed by atoms with E-state index in [4.69, 9.17) is 0 Å². The van der Waals surface area contributed by atoms with Crippen LogP contribution in [0.4, 0.5) is 0 Å².